The van der Waals surface area contributed by atoms with Gasteiger partial charge in [-0.3, -0.25) is 15.4 Å². The fourth-order valence-corrected chi connectivity index (χ4v) is 1.42. The molecule has 0 aliphatic heterocycles. The summed E-state index contributed by atoms with van der Waals surface area (Å²) in [5, 5.41) is 17.6. The van der Waals surface area contributed by atoms with E-state index in [4.69, 9.17) is 4.74 Å². The molecule has 1 aromatic heterocycles. The predicted molar refractivity (Wildman–Crippen MR) is 69.2 cm³/mol. The lowest BCUT2D eigenvalue weighted by Gasteiger charge is -2.07. The number of amides is 2. The Morgan fingerprint density at radius 3 is 2.90 bits per heavy atom. The number of nitrogens with zero attached hydrogens (tertiary/aromatic N) is 3. The summed E-state index contributed by atoms with van der Waals surface area (Å²) in [5.41, 5.74) is 0.794. The molecule has 0 radical (unpaired) electrons. The quantitative estimate of drug-likeness (QED) is 0.766. The molecule has 0 spiro atoms. The van der Waals surface area contributed by atoms with E-state index in [0.717, 1.165) is 0 Å². The van der Waals surface area contributed by atoms with Crippen LogP contribution in [-0.4, -0.2) is 39.2 Å². The van der Waals surface area contributed by atoms with Crippen molar-refractivity contribution in [1.82, 2.24) is 20.6 Å². The number of H-pyrrole nitrogens is 1. The number of anilines is 2. The number of hydrogen-bond acceptors (Lipinski definition) is 6. The van der Waals surface area contributed by atoms with Crippen molar-refractivity contribution in [3.63, 3.8) is 0 Å². The molecule has 0 unspecified atom stereocenters. The fraction of sp³-hybridized carbons (Fsp3) is 0.182. The van der Waals surface area contributed by atoms with Crippen LogP contribution < -0.4 is 10.6 Å². The van der Waals surface area contributed by atoms with E-state index < -0.39 is 12.0 Å². The SMILES string of the molecule is CCOC(=O)Nc1cccc(C(=O)Nc2nnn[nH]2)c1. The van der Waals surface area contributed by atoms with Gasteiger partial charge in [-0.15, -0.1) is 0 Å². The minimum absolute atomic E-state index is 0.138. The lowest BCUT2D eigenvalue weighted by molar-refractivity contribution is 0.102. The second-order valence-corrected chi connectivity index (χ2v) is 3.63. The van der Waals surface area contributed by atoms with Crippen molar-refractivity contribution in [2.75, 3.05) is 17.2 Å². The van der Waals surface area contributed by atoms with Crippen molar-refractivity contribution in [3.05, 3.63) is 29.8 Å². The van der Waals surface area contributed by atoms with E-state index in [-0.39, 0.29) is 12.6 Å². The van der Waals surface area contributed by atoms with Crippen molar-refractivity contribution < 1.29 is 14.3 Å². The highest BCUT2D eigenvalue weighted by molar-refractivity contribution is 6.04. The summed E-state index contributed by atoms with van der Waals surface area (Å²) in [6, 6.07) is 6.38. The maximum atomic E-state index is 11.9. The number of rotatable bonds is 4. The molecule has 0 aliphatic rings. The number of nitrogens with one attached hydrogen (secondary N) is 3. The van der Waals surface area contributed by atoms with Crippen molar-refractivity contribution in [2.45, 2.75) is 6.92 Å². The predicted octanol–water partition coefficient (Wildman–Crippen LogP) is 1.02. The van der Waals surface area contributed by atoms with E-state index in [1.807, 2.05) is 0 Å². The van der Waals surface area contributed by atoms with Gasteiger partial charge in [0.25, 0.3) is 5.91 Å². The number of aromatic amines is 1. The van der Waals surface area contributed by atoms with Crippen molar-refractivity contribution in [1.29, 1.82) is 0 Å². The van der Waals surface area contributed by atoms with Gasteiger partial charge in [0.1, 0.15) is 0 Å². The van der Waals surface area contributed by atoms with Gasteiger partial charge in [0.15, 0.2) is 0 Å². The summed E-state index contributed by atoms with van der Waals surface area (Å²) >= 11 is 0. The number of tetrazole rings is 1. The molecule has 9 heteroatoms. The summed E-state index contributed by atoms with van der Waals surface area (Å²) in [6.07, 6.45) is -0.579. The minimum atomic E-state index is -0.579. The van der Waals surface area contributed by atoms with E-state index in [9.17, 15) is 9.59 Å². The Morgan fingerprint density at radius 1 is 1.35 bits per heavy atom. The Bertz CT molecular complexity index is 598. The third-order valence-corrected chi connectivity index (χ3v) is 2.22. The molecular weight excluding hydrogens is 264 g/mol. The first-order valence-corrected chi connectivity index (χ1v) is 5.78. The Labute approximate surface area is 113 Å². The van der Waals surface area contributed by atoms with Gasteiger partial charge >= 0.3 is 6.09 Å². The number of benzene rings is 1. The van der Waals surface area contributed by atoms with Crippen LogP contribution in [0.25, 0.3) is 0 Å². The van der Waals surface area contributed by atoms with Crippen molar-refractivity contribution in [3.8, 4) is 0 Å². The van der Waals surface area contributed by atoms with Crippen LogP contribution in [-0.2, 0) is 4.74 Å². The topological polar surface area (TPSA) is 122 Å². The summed E-state index contributed by atoms with van der Waals surface area (Å²) in [6.45, 7) is 1.97. The Morgan fingerprint density at radius 2 is 2.20 bits per heavy atom. The lowest BCUT2D eigenvalue weighted by Crippen LogP contribution is -2.15. The zero-order valence-corrected chi connectivity index (χ0v) is 10.6. The second kappa shape index (κ2) is 6.27. The maximum Gasteiger partial charge on any atom is 0.411 e. The summed E-state index contributed by atoms with van der Waals surface area (Å²) < 4.78 is 4.75. The van der Waals surface area contributed by atoms with Crippen LogP contribution in [0.3, 0.4) is 0 Å². The molecule has 0 fully saturated rings. The highest BCUT2D eigenvalue weighted by Gasteiger charge is 2.10. The minimum Gasteiger partial charge on any atom is -0.450 e. The van der Waals surface area contributed by atoms with Gasteiger partial charge in [-0.2, -0.15) is 0 Å². The molecular formula is C11H12N6O3. The number of carbonyl (C=O) groups excluding carboxylic acids is 2. The number of ether oxygens (including phenoxy) is 1. The third kappa shape index (κ3) is 3.51. The number of aromatic nitrogens is 4. The molecule has 104 valence electrons. The van der Waals surface area contributed by atoms with Crippen molar-refractivity contribution in [2.24, 2.45) is 0 Å². The molecule has 9 nitrogen and oxygen atoms in total. The molecule has 1 heterocycles. The first kappa shape index (κ1) is 13.5. The average molecular weight is 276 g/mol. The Balaban J connectivity index is 2.05. The van der Waals surface area contributed by atoms with Gasteiger partial charge in [0.05, 0.1) is 6.61 Å². The van der Waals surface area contributed by atoms with E-state index in [1.165, 1.54) is 6.07 Å². The molecule has 0 aliphatic carbocycles. The standard InChI is InChI=1S/C11H12N6O3/c1-2-20-11(19)12-8-5-3-4-7(6-8)9(18)13-10-14-16-17-15-10/h3-6H,2H2,1H3,(H,12,19)(H2,13,14,15,16,17,18). The number of carbonyl (C=O) groups is 2. The Hall–Kier alpha value is -2.97. The Kier molecular flexibility index (Phi) is 4.22. The average Bonchev–Trinajstić information content (AvgIpc) is 2.92. The number of hydrogen-bond donors (Lipinski definition) is 3. The largest absolute Gasteiger partial charge is 0.450 e. The normalized spacial score (nSPS) is 9.85. The second-order valence-electron chi connectivity index (χ2n) is 3.63. The molecule has 1 aromatic carbocycles. The van der Waals surface area contributed by atoms with Crippen LogP contribution in [0.15, 0.2) is 24.3 Å². The lowest BCUT2D eigenvalue weighted by atomic mass is 10.2. The van der Waals surface area contributed by atoms with Gasteiger partial charge in [0.2, 0.25) is 5.95 Å². The smallest absolute Gasteiger partial charge is 0.411 e. The van der Waals surface area contributed by atoms with Crippen LogP contribution >= 0.6 is 0 Å². The third-order valence-electron chi connectivity index (χ3n) is 2.22. The van der Waals surface area contributed by atoms with Gasteiger partial charge in [-0.1, -0.05) is 11.2 Å². The highest BCUT2D eigenvalue weighted by Crippen LogP contribution is 2.12. The van der Waals surface area contributed by atoms with Crippen molar-refractivity contribution >= 4 is 23.6 Å². The van der Waals surface area contributed by atoms with E-state index in [2.05, 4.69) is 31.3 Å². The van der Waals surface area contributed by atoms with Crippen LogP contribution in [0.4, 0.5) is 16.4 Å². The molecule has 0 saturated heterocycles. The molecule has 0 bridgehead atoms. The first-order valence-electron chi connectivity index (χ1n) is 5.78. The van der Waals surface area contributed by atoms with Crippen LogP contribution in [0.5, 0.6) is 0 Å². The van der Waals surface area contributed by atoms with Crippen LogP contribution in [0.1, 0.15) is 17.3 Å². The molecule has 2 amide bonds. The summed E-state index contributed by atoms with van der Waals surface area (Å²) in [5.74, 6) is -0.269. The zero-order valence-electron chi connectivity index (χ0n) is 10.6. The van der Waals surface area contributed by atoms with Gasteiger partial charge < -0.3 is 4.74 Å². The van der Waals surface area contributed by atoms with Gasteiger partial charge in [-0.05, 0) is 35.5 Å². The van der Waals surface area contributed by atoms with Crippen LogP contribution in [0.2, 0.25) is 0 Å². The zero-order chi connectivity index (χ0) is 14.4. The van der Waals surface area contributed by atoms with Gasteiger partial charge in [-0.25, -0.2) is 9.89 Å². The first-order chi connectivity index (χ1) is 9.69. The summed E-state index contributed by atoms with van der Waals surface area (Å²) in [4.78, 5) is 23.2. The monoisotopic (exact) mass is 276 g/mol. The molecule has 2 rings (SSSR count). The fourth-order valence-electron chi connectivity index (χ4n) is 1.42. The highest BCUT2D eigenvalue weighted by atomic mass is 16.5. The summed E-state index contributed by atoms with van der Waals surface area (Å²) in [7, 11) is 0. The van der Waals surface area contributed by atoms with E-state index in [0.29, 0.717) is 11.3 Å². The molecule has 0 atom stereocenters. The molecule has 2 aromatic rings. The molecule has 20 heavy (non-hydrogen) atoms. The van der Waals surface area contributed by atoms with Gasteiger partial charge in [0, 0.05) is 11.3 Å². The van der Waals surface area contributed by atoms with Crippen LogP contribution in [0, 0.1) is 0 Å². The van der Waals surface area contributed by atoms with E-state index in [1.54, 1.807) is 25.1 Å². The maximum absolute atomic E-state index is 11.9. The molecule has 0 saturated carbocycles. The molecule has 3 N–H and O–H groups in total. The van der Waals surface area contributed by atoms with E-state index >= 15 is 0 Å².